The molecule has 0 saturated heterocycles. The molecule has 12 rings (SSSR count). The monoisotopic (exact) mass is 552 g/mol. The van der Waals surface area contributed by atoms with Crippen LogP contribution in [0.5, 0.6) is 0 Å². The predicted molar refractivity (Wildman–Crippen MR) is 103 cm³/mol. The number of hydrogen-bond donors (Lipinski definition) is 0. The Morgan fingerprint density at radius 2 is 0.722 bits per heavy atom. The molecule has 12 aliphatic carbocycles. The van der Waals surface area contributed by atoms with Crippen LogP contribution in [-0.2, 0) is 19.1 Å². The van der Waals surface area contributed by atoms with Gasteiger partial charge in [0, 0.05) is 23.7 Å². The molecule has 20 atom stereocenters. The Morgan fingerprint density at radius 3 is 0.972 bits per heavy atom. The normalized spacial score (nSPS) is 74.2. The fourth-order valence-electron chi connectivity index (χ4n) is 16.0. The zero-order valence-corrected chi connectivity index (χ0v) is 19.4. The van der Waals surface area contributed by atoms with Crippen LogP contribution in [0.25, 0.3) is 0 Å². The average Bonchev–Trinajstić information content (AvgIpc) is 3.54. The number of carbonyl (C=O) groups is 2. The highest BCUT2D eigenvalue weighted by Crippen LogP contribution is 3.06. The van der Waals surface area contributed by atoms with Gasteiger partial charge < -0.3 is 9.47 Å². The maximum atomic E-state index is 13.6. The summed E-state index contributed by atoms with van der Waals surface area (Å²) in [6.45, 7) is 0. The number of halogens is 8. The van der Waals surface area contributed by atoms with Crippen LogP contribution in [0, 0.1) is 94.7 Å². The minimum Gasteiger partial charge on any atom is -0.450 e. The molecule has 0 spiro atoms. The third-order valence-electron chi connectivity index (χ3n) is 14.5. The van der Waals surface area contributed by atoms with E-state index in [0.717, 1.165) is 0 Å². The lowest BCUT2D eigenvalue weighted by Gasteiger charge is -2.48. The summed E-state index contributed by atoms with van der Waals surface area (Å²) >= 11 is 15.2. The maximum absolute atomic E-state index is 13.6. The molecule has 0 heterocycles. The van der Waals surface area contributed by atoms with Gasteiger partial charge in [-0.1, -0.05) is 0 Å². The van der Waals surface area contributed by atoms with Gasteiger partial charge in [0.25, 0.3) is 0 Å². The van der Waals surface area contributed by atoms with Crippen LogP contribution < -0.4 is 0 Å². The minimum atomic E-state index is -5.17. The van der Waals surface area contributed by atoms with E-state index in [4.69, 9.17) is 32.7 Å². The van der Waals surface area contributed by atoms with Crippen molar-refractivity contribution in [1.29, 1.82) is 0 Å². The minimum absolute atomic E-state index is 0.0297. The largest absolute Gasteiger partial charge is 0.490 e. The van der Waals surface area contributed by atoms with Crippen molar-refractivity contribution in [3.63, 3.8) is 0 Å². The van der Waals surface area contributed by atoms with E-state index in [1.165, 1.54) is 0 Å². The molecule has 36 heavy (non-hydrogen) atoms. The summed E-state index contributed by atoms with van der Waals surface area (Å²) in [4.78, 5) is 22.7. The number of esters is 2. The van der Waals surface area contributed by atoms with Crippen LogP contribution in [0.4, 0.5) is 26.3 Å². The van der Waals surface area contributed by atoms with E-state index in [9.17, 15) is 35.9 Å². The molecule has 4 nitrogen and oxygen atoms in total. The summed E-state index contributed by atoms with van der Waals surface area (Å²) in [5, 5.41) is 0. The number of alkyl halides is 8. The molecule has 12 saturated carbocycles. The topological polar surface area (TPSA) is 52.6 Å². The van der Waals surface area contributed by atoms with Gasteiger partial charge in [0.2, 0.25) is 0 Å². The van der Waals surface area contributed by atoms with E-state index in [1.807, 2.05) is 0 Å². The molecule has 8 unspecified atom stereocenters. The van der Waals surface area contributed by atoms with Crippen LogP contribution in [0.3, 0.4) is 0 Å². The van der Waals surface area contributed by atoms with Crippen molar-refractivity contribution in [2.45, 2.75) is 33.3 Å². The molecule has 0 bridgehead atoms. The molecule has 12 aliphatic rings. The van der Waals surface area contributed by atoms with E-state index in [0.29, 0.717) is 0 Å². The summed E-state index contributed by atoms with van der Waals surface area (Å²) < 4.78 is 92.8. The second-order valence-electron chi connectivity index (χ2n) is 13.7. The van der Waals surface area contributed by atoms with E-state index >= 15 is 0 Å². The van der Waals surface area contributed by atoms with Gasteiger partial charge in [-0.25, -0.2) is 9.59 Å². The van der Waals surface area contributed by atoms with Gasteiger partial charge in [-0.15, -0.1) is 23.2 Å². The number of rotatable bonds is 2. The van der Waals surface area contributed by atoms with Crippen molar-refractivity contribution in [2.24, 2.45) is 94.7 Å². The lowest BCUT2D eigenvalue weighted by atomic mass is 9.72. The first kappa shape index (κ1) is 20.1. The third-order valence-corrected chi connectivity index (χ3v) is 16.1. The predicted octanol–water partition coefficient (Wildman–Crippen LogP) is 3.64. The van der Waals surface area contributed by atoms with Crippen molar-refractivity contribution in [3.8, 4) is 0 Å². The van der Waals surface area contributed by atoms with E-state index in [1.54, 1.807) is 0 Å². The Labute approximate surface area is 208 Å². The fraction of sp³-hybridized carbons (Fsp3) is 0.917. The van der Waals surface area contributed by atoms with Gasteiger partial charge in [0.15, 0.2) is 0 Å². The van der Waals surface area contributed by atoms with E-state index in [-0.39, 0.29) is 71.0 Å². The van der Waals surface area contributed by atoms with Crippen LogP contribution in [0.15, 0.2) is 0 Å². The van der Waals surface area contributed by atoms with Gasteiger partial charge >= 0.3 is 24.3 Å². The zero-order valence-electron chi connectivity index (χ0n) is 17.9. The van der Waals surface area contributed by atoms with Crippen LogP contribution in [0.2, 0.25) is 0 Å². The Kier molecular flexibility index (Phi) is 2.51. The Bertz CT molecular complexity index is 1160. The highest BCUT2D eigenvalue weighted by molar-refractivity contribution is 6.29. The van der Waals surface area contributed by atoms with E-state index < -0.39 is 68.9 Å². The van der Waals surface area contributed by atoms with E-state index in [2.05, 4.69) is 0 Å². The molecule has 12 heteroatoms. The quantitative estimate of drug-likeness (QED) is 0.298. The molecule has 0 N–H and O–H groups in total. The summed E-state index contributed by atoms with van der Waals surface area (Å²) in [7, 11) is 0. The molecular weight excluding hydrogens is 537 g/mol. The smallest absolute Gasteiger partial charge is 0.450 e. The van der Waals surface area contributed by atoms with Gasteiger partial charge in [0.05, 0.1) is 9.75 Å². The molecular formula is C24H16Cl2F6O4. The molecule has 192 valence electrons. The van der Waals surface area contributed by atoms with Crippen LogP contribution in [-0.4, -0.2) is 45.2 Å². The standard InChI is InChI=1S/C24H16Cl2F6O4/c25-19-9-1-2-11(19)5-6-12(2)20(26)10(1)4-3(9)13-7-8(15(5)21(13,19)35-17(33)23(27,28)29)16(6)22(20,14(4)7)36-18(34)24(30,31)32/h1-16H/t1?,2?,3-,4-,5-,6-,7?,8?,9-,10+,11+,12-,13-,14+,15+,16-,19?,20?,21?,22?/m0/s1. The summed E-state index contributed by atoms with van der Waals surface area (Å²) in [6, 6.07) is 0. The van der Waals surface area contributed by atoms with Crippen molar-refractivity contribution in [3.05, 3.63) is 0 Å². The Balaban J connectivity index is 1.21. The first-order valence-electron chi connectivity index (χ1n) is 12.7. The molecule has 12 fully saturated rings. The second-order valence-corrected chi connectivity index (χ2v) is 15.0. The summed E-state index contributed by atoms with van der Waals surface area (Å²) in [5.74, 6) is -8.10. The number of ether oxygens (including phenoxy) is 2. The zero-order chi connectivity index (χ0) is 24.8. The first-order chi connectivity index (χ1) is 16.7. The highest BCUT2D eigenvalue weighted by atomic mass is 35.5. The lowest BCUT2D eigenvalue weighted by molar-refractivity contribution is -0.227. The van der Waals surface area contributed by atoms with Crippen molar-refractivity contribution < 1.29 is 45.4 Å². The first-order valence-corrected chi connectivity index (χ1v) is 13.5. The molecule has 0 aromatic heterocycles. The maximum Gasteiger partial charge on any atom is 0.490 e. The Hall–Kier alpha value is -0.900. The van der Waals surface area contributed by atoms with Gasteiger partial charge in [-0.2, -0.15) is 26.3 Å². The molecule has 0 radical (unpaired) electrons. The van der Waals surface area contributed by atoms with Gasteiger partial charge in [0.1, 0.15) is 11.2 Å². The van der Waals surface area contributed by atoms with Crippen molar-refractivity contribution >= 4 is 35.1 Å². The summed E-state index contributed by atoms with van der Waals surface area (Å²) in [5.41, 5.74) is -2.90. The lowest BCUT2D eigenvalue weighted by Crippen LogP contribution is -2.61. The second kappa shape index (κ2) is 4.50. The summed E-state index contributed by atoms with van der Waals surface area (Å²) in [6.07, 6.45) is -10.3. The van der Waals surface area contributed by atoms with Gasteiger partial charge in [-0.3, -0.25) is 0 Å². The molecule has 0 aliphatic heterocycles. The molecule has 0 aromatic rings. The average molecular weight is 553 g/mol. The van der Waals surface area contributed by atoms with Crippen LogP contribution in [0.1, 0.15) is 0 Å². The molecule has 0 aromatic carbocycles. The fourth-order valence-corrected chi connectivity index (χ4v) is 17.7. The van der Waals surface area contributed by atoms with Crippen LogP contribution >= 0.6 is 23.2 Å². The van der Waals surface area contributed by atoms with Gasteiger partial charge in [-0.05, 0) is 71.0 Å². The Morgan fingerprint density at radius 1 is 0.500 bits per heavy atom. The highest BCUT2D eigenvalue weighted by Gasteiger charge is 3.11. The number of hydrogen-bond acceptors (Lipinski definition) is 4. The number of carbonyl (C=O) groups excluding carboxylic acids is 2. The SMILES string of the molecule is O=C(OC12[C@@H]3C4C5[C@@H]6[C@H]7[C@@H]([C@H]8C9C%10[C@@H]%11[C@H]([C@H]3[C@H]%10C81Cl)[C@H]4C6(OC(=O)C(F)(F)F)C%11(Cl)[C@@H]97)[C@H]52)C(F)(F)F. The third kappa shape index (κ3) is 1.22. The van der Waals surface area contributed by atoms with Crippen molar-refractivity contribution in [1.82, 2.24) is 0 Å². The van der Waals surface area contributed by atoms with Crippen molar-refractivity contribution in [2.75, 3.05) is 0 Å². The molecule has 0 amide bonds.